The van der Waals surface area contributed by atoms with Gasteiger partial charge in [0.1, 0.15) is 17.2 Å². The molecular formula is C28H23NO3. The van der Waals surface area contributed by atoms with Gasteiger partial charge in [0.15, 0.2) is 5.78 Å². The van der Waals surface area contributed by atoms with Gasteiger partial charge >= 0.3 is 0 Å². The van der Waals surface area contributed by atoms with Gasteiger partial charge in [0.05, 0.1) is 7.11 Å². The van der Waals surface area contributed by atoms with E-state index in [4.69, 9.17) is 9.47 Å². The zero-order valence-corrected chi connectivity index (χ0v) is 17.7. The highest BCUT2D eigenvalue weighted by atomic mass is 16.5. The summed E-state index contributed by atoms with van der Waals surface area (Å²) in [4.78, 5) is 12.4. The summed E-state index contributed by atoms with van der Waals surface area (Å²) in [6, 6.07) is 32.6. The third-order valence-electron chi connectivity index (χ3n) is 4.89. The van der Waals surface area contributed by atoms with E-state index in [2.05, 4.69) is 5.32 Å². The number of allylic oxidation sites excluding steroid dienone is 1. The fourth-order valence-electron chi connectivity index (χ4n) is 3.19. The Balaban J connectivity index is 1.33. The second-order valence-corrected chi connectivity index (χ2v) is 7.09. The fourth-order valence-corrected chi connectivity index (χ4v) is 3.19. The summed E-state index contributed by atoms with van der Waals surface area (Å²) in [6.45, 7) is 0. The summed E-state index contributed by atoms with van der Waals surface area (Å²) in [5.41, 5.74) is 3.71. The largest absolute Gasteiger partial charge is 0.497 e. The summed E-state index contributed by atoms with van der Waals surface area (Å²) in [7, 11) is 1.62. The Morgan fingerprint density at radius 2 is 1.41 bits per heavy atom. The van der Waals surface area contributed by atoms with E-state index < -0.39 is 0 Å². The average Bonchev–Trinajstić information content (AvgIpc) is 2.86. The van der Waals surface area contributed by atoms with Crippen LogP contribution in [0, 0.1) is 0 Å². The van der Waals surface area contributed by atoms with E-state index in [0.29, 0.717) is 17.1 Å². The number of rotatable bonds is 8. The molecule has 0 aromatic heterocycles. The van der Waals surface area contributed by atoms with E-state index in [1.165, 1.54) is 6.08 Å². The van der Waals surface area contributed by atoms with Gasteiger partial charge < -0.3 is 14.8 Å². The van der Waals surface area contributed by atoms with Crippen molar-refractivity contribution in [3.05, 3.63) is 121 Å². The van der Waals surface area contributed by atoms with Gasteiger partial charge in [-0.2, -0.15) is 0 Å². The van der Waals surface area contributed by atoms with Gasteiger partial charge in [0, 0.05) is 29.6 Å². The van der Waals surface area contributed by atoms with Gasteiger partial charge in [0.2, 0.25) is 0 Å². The van der Waals surface area contributed by atoms with Crippen molar-refractivity contribution in [1.29, 1.82) is 0 Å². The van der Waals surface area contributed by atoms with Crippen molar-refractivity contribution in [3.8, 4) is 28.4 Å². The Kier molecular flexibility index (Phi) is 6.63. The highest BCUT2D eigenvalue weighted by Gasteiger charge is 2.03. The molecule has 158 valence electrons. The molecule has 0 heterocycles. The van der Waals surface area contributed by atoms with Crippen LogP contribution in [-0.4, -0.2) is 12.9 Å². The molecule has 0 saturated carbocycles. The quantitative estimate of drug-likeness (QED) is 0.247. The fraction of sp³-hybridized carbons (Fsp3) is 0.0357. The molecule has 0 amide bonds. The Hall–Kier alpha value is -4.31. The zero-order valence-electron chi connectivity index (χ0n) is 17.7. The van der Waals surface area contributed by atoms with Crippen molar-refractivity contribution in [2.24, 2.45) is 0 Å². The molecule has 0 saturated heterocycles. The molecule has 1 N–H and O–H groups in total. The first-order valence-electron chi connectivity index (χ1n) is 10.3. The number of nitrogens with one attached hydrogen (secondary N) is 1. The van der Waals surface area contributed by atoms with Gasteiger partial charge in [-0.15, -0.1) is 0 Å². The lowest BCUT2D eigenvalue weighted by atomic mass is 10.0. The van der Waals surface area contributed by atoms with Crippen LogP contribution in [0.25, 0.3) is 11.1 Å². The minimum Gasteiger partial charge on any atom is -0.497 e. The molecule has 0 aliphatic carbocycles. The number of ketones is 1. The molecule has 0 bridgehead atoms. The number of anilines is 1. The lowest BCUT2D eigenvalue weighted by Crippen LogP contribution is -1.96. The van der Waals surface area contributed by atoms with Gasteiger partial charge in [-0.05, 0) is 47.5 Å². The van der Waals surface area contributed by atoms with E-state index in [0.717, 1.165) is 22.6 Å². The van der Waals surface area contributed by atoms with E-state index in [9.17, 15) is 4.79 Å². The average molecular weight is 421 g/mol. The molecule has 0 radical (unpaired) electrons. The number of hydrogen-bond acceptors (Lipinski definition) is 4. The van der Waals surface area contributed by atoms with Crippen LogP contribution in [0.1, 0.15) is 10.4 Å². The Morgan fingerprint density at radius 1 is 0.719 bits per heavy atom. The molecule has 0 aliphatic rings. The van der Waals surface area contributed by atoms with Crippen molar-refractivity contribution in [2.75, 3.05) is 12.4 Å². The first-order chi connectivity index (χ1) is 15.7. The van der Waals surface area contributed by atoms with Crippen molar-refractivity contribution in [3.63, 3.8) is 0 Å². The SMILES string of the molecule is COc1cccc(Oc2ccc(N/C=C/C(=O)c3ccc(-c4ccccc4)cc3)cc2)c1. The molecule has 0 aliphatic heterocycles. The predicted molar refractivity (Wildman–Crippen MR) is 128 cm³/mol. The van der Waals surface area contributed by atoms with Crippen LogP contribution in [0.2, 0.25) is 0 Å². The highest BCUT2D eigenvalue weighted by Crippen LogP contribution is 2.26. The standard InChI is InChI=1S/C28H23NO3/c1-31-26-8-5-9-27(20-26)32-25-16-14-24(15-17-25)29-19-18-28(30)23-12-10-22(11-13-23)21-6-3-2-4-7-21/h2-20,29H,1H3/b19-18+. The van der Waals surface area contributed by atoms with Gasteiger partial charge in [0.25, 0.3) is 0 Å². The van der Waals surface area contributed by atoms with Crippen LogP contribution in [0.5, 0.6) is 17.2 Å². The molecule has 4 aromatic carbocycles. The monoisotopic (exact) mass is 421 g/mol. The van der Waals surface area contributed by atoms with Gasteiger partial charge in [-0.3, -0.25) is 4.79 Å². The molecule has 0 unspecified atom stereocenters. The molecule has 4 rings (SSSR count). The first kappa shape index (κ1) is 20.9. The maximum absolute atomic E-state index is 12.4. The lowest BCUT2D eigenvalue weighted by molar-refractivity contribution is 0.104. The number of methoxy groups -OCH3 is 1. The second kappa shape index (κ2) is 10.1. The third kappa shape index (κ3) is 5.43. The van der Waals surface area contributed by atoms with Crippen LogP contribution in [-0.2, 0) is 0 Å². The minimum atomic E-state index is -0.0601. The summed E-state index contributed by atoms with van der Waals surface area (Å²) in [6.07, 6.45) is 3.17. The summed E-state index contributed by atoms with van der Waals surface area (Å²) >= 11 is 0. The molecular weight excluding hydrogens is 398 g/mol. The van der Waals surface area contributed by atoms with Crippen molar-refractivity contribution in [2.45, 2.75) is 0 Å². The summed E-state index contributed by atoms with van der Waals surface area (Å²) in [5, 5.41) is 3.11. The van der Waals surface area contributed by atoms with E-state index >= 15 is 0 Å². The Morgan fingerprint density at radius 3 is 2.12 bits per heavy atom. The maximum atomic E-state index is 12.4. The second-order valence-electron chi connectivity index (χ2n) is 7.09. The number of benzene rings is 4. The van der Waals surface area contributed by atoms with E-state index in [-0.39, 0.29) is 5.78 Å². The van der Waals surface area contributed by atoms with E-state index in [1.807, 2.05) is 103 Å². The van der Waals surface area contributed by atoms with Crippen LogP contribution < -0.4 is 14.8 Å². The molecule has 4 aromatic rings. The first-order valence-corrected chi connectivity index (χ1v) is 10.3. The van der Waals surface area contributed by atoms with Crippen molar-refractivity contribution in [1.82, 2.24) is 0 Å². The molecule has 32 heavy (non-hydrogen) atoms. The number of carbonyl (C=O) groups excluding carboxylic acids is 1. The summed E-state index contributed by atoms with van der Waals surface area (Å²) < 4.78 is 11.0. The Bertz CT molecular complexity index is 1200. The molecule has 0 atom stereocenters. The molecule has 4 nitrogen and oxygen atoms in total. The van der Waals surface area contributed by atoms with Crippen molar-refractivity contribution >= 4 is 11.5 Å². The van der Waals surface area contributed by atoms with Crippen LogP contribution >= 0.6 is 0 Å². The lowest BCUT2D eigenvalue weighted by Gasteiger charge is -2.08. The molecule has 0 fully saturated rings. The normalized spacial score (nSPS) is 10.7. The van der Waals surface area contributed by atoms with Gasteiger partial charge in [-0.1, -0.05) is 60.7 Å². The number of hydrogen-bond donors (Lipinski definition) is 1. The van der Waals surface area contributed by atoms with Crippen LogP contribution in [0.4, 0.5) is 5.69 Å². The summed E-state index contributed by atoms with van der Waals surface area (Å²) in [5.74, 6) is 2.09. The number of ether oxygens (including phenoxy) is 2. The molecule has 4 heteroatoms. The predicted octanol–water partition coefficient (Wildman–Crippen LogP) is 6.96. The Labute approximate surface area is 187 Å². The number of carbonyl (C=O) groups is 1. The smallest absolute Gasteiger partial charge is 0.187 e. The van der Waals surface area contributed by atoms with E-state index in [1.54, 1.807) is 13.3 Å². The van der Waals surface area contributed by atoms with Crippen LogP contribution in [0.15, 0.2) is 115 Å². The van der Waals surface area contributed by atoms with Crippen LogP contribution in [0.3, 0.4) is 0 Å². The van der Waals surface area contributed by atoms with Crippen molar-refractivity contribution < 1.29 is 14.3 Å². The minimum absolute atomic E-state index is 0.0601. The third-order valence-corrected chi connectivity index (χ3v) is 4.89. The highest BCUT2D eigenvalue weighted by molar-refractivity contribution is 6.04. The molecule has 0 spiro atoms. The maximum Gasteiger partial charge on any atom is 0.187 e. The zero-order chi connectivity index (χ0) is 22.2. The topological polar surface area (TPSA) is 47.6 Å². The van der Waals surface area contributed by atoms with Gasteiger partial charge in [-0.25, -0.2) is 0 Å².